The summed E-state index contributed by atoms with van der Waals surface area (Å²) in [4.78, 5) is 2.79. The lowest BCUT2D eigenvalue weighted by Crippen LogP contribution is -2.43. The summed E-state index contributed by atoms with van der Waals surface area (Å²) in [5.74, 6) is 1.97. The molecule has 0 spiro atoms. The van der Waals surface area contributed by atoms with E-state index in [1.165, 1.54) is 64.6 Å². The first kappa shape index (κ1) is 13.4. The van der Waals surface area contributed by atoms with Gasteiger partial charge in [-0.1, -0.05) is 6.92 Å². The van der Waals surface area contributed by atoms with Crippen molar-refractivity contribution >= 4 is 0 Å². The molecule has 100 valence electrons. The second-order valence-corrected chi connectivity index (χ2v) is 6.29. The van der Waals surface area contributed by atoms with Crippen LogP contribution in [0.4, 0.5) is 0 Å². The third-order valence-electron chi connectivity index (χ3n) is 4.95. The topological polar surface area (TPSA) is 15.3 Å². The molecule has 0 atom stereocenters. The molecular formula is C15H30N2. The van der Waals surface area contributed by atoms with Crippen LogP contribution in [0.1, 0.15) is 51.9 Å². The highest BCUT2D eigenvalue weighted by molar-refractivity contribution is 4.82. The van der Waals surface area contributed by atoms with Gasteiger partial charge in [0.15, 0.2) is 0 Å². The molecule has 1 N–H and O–H groups in total. The van der Waals surface area contributed by atoms with E-state index in [-0.39, 0.29) is 0 Å². The Morgan fingerprint density at radius 1 is 1.00 bits per heavy atom. The van der Waals surface area contributed by atoms with E-state index in [2.05, 4.69) is 24.2 Å². The van der Waals surface area contributed by atoms with E-state index in [4.69, 9.17) is 0 Å². The molecule has 0 radical (unpaired) electrons. The Bertz CT molecular complexity index is 201. The van der Waals surface area contributed by atoms with Crippen LogP contribution in [0.15, 0.2) is 0 Å². The fourth-order valence-electron chi connectivity index (χ4n) is 3.56. The molecule has 2 aliphatic rings. The van der Waals surface area contributed by atoms with Crippen LogP contribution in [0.2, 0.25) is 0 Å². The third-order valence-corrected chi connectivity index (χ3v) is 4.95. The standard InChI is InChI=1S/C15H30N2/c1-13-3-5-15(6-4-13)17-11-8-14(9-12-17)7-10-16-2/h13-16H,3-12H2,1-2H3. The van der Waals surface area contributed by atoms with Crippen LogP contribution >= 0.6 is 0 Å². The predicted molar refractivity (Wildman–Crippen MR) is 74.3 cm³/mol. The van der Waals surface area contributed by atoms with Gasteiger partial charge < -0.3 is 10.2 Å². The molecule has 0 aromatic rings. The van der Waals surface area contributed by atoms with Crippen molar-refractivity contribution in [3.8, 4) is 0 Å². The predicted octanol–water partition coefficient (Wildman–Crippen LogP) is 2.89. The fourth-order valence-corrected chi connectivity index (χ4v) is 3.56. The average Bonchev–Trinajstić information content (AvgIpc) is 2.38. The zero-order chi connectivity index (χ0) is 12.1. The van der Waals surface area contributed by atoms with Gasteiger partial charge in [-0.2, -0.15) is 0 Å². The normalized spacial score (nSPS) is 32.8. The summed E-state index contributed by atoms with van der Waals surface area (Å²) in [6, 6.07) is 0.927. The number of likely N-dealkylation sites (tertiary alicyclic amines) is 1. The molecule has 2 rings (SSSR count). The maximum Gasteiger partial charge on any atom is 0.00954 e. The molecule has 0 bridgehead atoms. The highest BCUT2D eigenvalue weighted by atomic mass is 15.2. The Labute approximate surface area is 107 Å². The molecule has 0 unspecified atom stereocenters. The summed E-state index contributed by atoms with van der Waals surface area (Å²) in [6.45, 7) is 6.35. The third kappa shape index (κ3) is 3.96. The molecule has 1 aliphatic heterocycles. The van der Waals surface area contributed by atoms with Crippen molar-refractivity contribution in [2.24, 2.45) is 11.8 Å². The number of rotatable bonds is 4. The van der Waals surface area contributed by atoms with Gasteiger partial charge in [0.1, 0.15) is 0 Å². The van der Waals surface area contributed by atoms with E-state index in [0.29, 0.717) is 0 Å². The Balaban J connectivity index is 1.68. The average molecular weight is 238 g/mol. The number of nitrogens with zero attached hydrogens (tertiary/aromatic N) is 1. The fraction of sp³-hybridized carbons (Fsp3) is 1.00. The van der Waals surface area contributed by atoms with E-state index in [1.54, 1.807) is 0 Å². The van der Waals surface area contributed by atoms with Crippen molar-refractivity contribution < 1.29 is 0 Å². The van der Waals surface area contributed by atoms with Gasteiger partial charge in [-0.3, -0.25) is 0 Å². The van der Waals surface area contributed by atoms with Crippen LogP contribution in [0.25, 0.3) is 0 Å². The summed E-state index contributed by atoms with van der Waals surface area (Å²) in [5, 5.41) is 3.28. The molecular weight excluding hydrogens is 208 g/mol. The summed E-state index contributed by atoms with van der Waals surface area (Å²) in [7, 11) is 2.07. The lowest BCUT2D eigenvalue weighted by molar-refractivity contribution is 0.0947. The molecule has 0 amide bonds. The Kier molecular flexibility index (Phi) is 5.30. The molecule has 2 fully saturated rings. The summed E-state index contributed by atoms with van der Waals surface area (Å²) < 4.78 is 0. The minimum atomic E-state index is 0.927. The van der Waals surface area contributed by atoms with Gasteiger partial charge in [0, 0.05) is 6.04 Å². The van der Waals surface area contributed by atoms with Gasteiger partial charge in [0.2, 0.25) is 0 Å². The second kappa shape index (κ2) is 6.75. The van der Waals surface area contributed by atoms with Crippen LogP contribution in [-0.4, -0.2) is 37.6 Å². The van der Waals surface area contributed by atoms with Gasteiger partial charge in [-0.15, -0.1) is 0 Å². The minimum absolute atomic E-state index is 0.927. The molecule has 2 heteroatoms. The van der Waals surface area contributed by atoms with Gasteiger partial charge >= 0.3 is 0 Å². The number of hydrogen-bond acceptors (Lipinski definition) is 2. The number of nitrogens with one attached hydrogen (secondary N) is 1. The van der Waals surface area contributed by atoms with Gasteiger partial charge in [0.25, 0.3) is 0 Å². The highest BCUT2D eigenvalue weighted by Crippen LogP contribution is 2.30. The van der Waals surface area contributed by atoms with Gasteiger partial charge in [0.05, 0.1) is 0 Å². The molecule has 17 heavy (non-hydrogen) atoms. The van der Waals surface area contributed by atoms with E-state index in [1.807, 2.05) is 0 Å². The van der Waals surface area contributed by atoms with Gasteiger partial charge in [-0.25, -0.2) is 0 Å². The smallest absolute Gasteiger partial charge is 0.00954 e. The minimum Gasteiger partial charge on any atom is -0.320 e. The van der Waals surface area contributed by atoms with Crippen molar-refractivity contribution in [3.63, 3.8) is 0 Å². The number of hydrogen-bond donors (Lipinski definition) is 1. The molecule has 1 aliphatic carbocycles. The highest BCUT2D eigenvalue weighted by Gasteiger charge is 2.27. The largest absolute Gasteiger partial charge is 0.320 e. The maximum atomic E-state index is 3.28. The Morgan fingerprint density at radius 3 is 2.24 bits per heavy atom. The molecule has 0 aromatic carbocycles. The second-order valence-electron chi connectivity index (χ2n) is 6.29. The van der Waals surface area contributed by atoms with Crippen LogP contribution in [0.5, 0.6) is 0 Å². The van der Waals surface area contributed by atoms with Crippen molar-refractivity contribution in [1.82, 2.24) is 10.2 Å². The molecule has 0 aromatic heterocycles. The molecule has 1 heterocycles. The van der Waals surface area contributed by atoms with Crippen LogP contribution in [0.3, 0.4) is 0 Å². The lowest BCUT2D eigenvalue weighted by Gasteiger charge is -2.40. The van der Waals surface area contributed by atoms with Gasteiger partial charge in [-0.05, 0) is 83.5 Å². The molecule has 1 saturated heterocycles. The first-order valence-electron chi connectivity index (χ1n) is 7.68. The lowest BCUT2D eigenvalue weighted by atomic mass is 9.84. The monoisotopic (exact) mass is 238 g/mol. The Hall–Kier alpha value is -0.0800. The molecule has 1 saturated carbocycles. The molecule has 2 nitrogen and oxygen atoms in total. The van der Waals surface area contributed by atoms with E-state index < -0.39 is 0 Å². The van der Waals surface area contributed by atoms with E-state index in [0.717, 1.165) is 17.9 Å². The van der Waals surface area contributed by atoms with E-state index in [9.17, 15) is 0 Å². The SMILES string of the molecule is CNCCC1CCN(C2CCC(C)CC2)CC1. The summed E-state index contributed by atoms with van der Waals surface area (Å²) >= 11 is 0. The first-order chi connectivity index (χ1) is 8.29. The summed E-state index contributed by atoms with van der Waals surface area (Å²) in [5.41, 5.74) is 0. The van der Waals surface area contributed by atoms with Crippen molar-refractivity contribution in [3.05, 3.63) is 0 Å². The first-order valence-corrected chi connectivity index (χ1v) is 7.68. The zero-order valence-corrected chi connectivity index (χ0v) is 11.8. The van der Waals surface area contributed by atoms with Crippen molar-refractivity contribution in [1.29, 1.82) is 0 Å². The maximum absolute atomic E-state index is 3.28. The van der Waals surface area contributed by atoms with Crippen LogP contribution < -0.4 is 5.32 Å². The number of piperidine rings is 1. The van der Waals surface area contributed by atoms with Crippen molar-refractivity contribution in [2.45, 2.75) is 57.9 Å². The zero-order valence-electron chi connectivity index (χ0n) is 11.8. The van der Waals surface area contributed by atoms with Crippen molar-refractivity contribution in [2.75, 3.05) is 26.7 Å². The Morgan fingerprint density at radius 2 is 1.65 bits per heavy atom. The van der Waals surface area contributed by atoms with Crippen LogP contribution in [-0.2, 0) is 0 Å². The van der Waals surface area contributed by atoms with E-state index >= 15 is 0 Å². The van der Waals surface area contributed by atoms with Crippen LogP contribution in [0, 0.1) is 11.8 Å². The quantitative estimate of drug-likeness (QED) is 0.810. The summed E-state index contributed by atoms with van der Waals surface area (Å²) in [6.07, 6.45) is 10.1.